The van der Waals surface area contributed by atoms with Crippen molar-refractivity contribution >= 4 is 83.9 Å². The van der Waals surface area contributed by atoms with Gasteiger partial charge in [0.1, 0.15) is 12.4 Å². The van der Waals surface area contributed by atoms with Gasteiger partial charge in [-0.25, -0.2) is 8.42 Å². The van der Waals surface area contributed by atoms with E-state index in [1.807, 2.05) is 58.2 Å². The van der Waals surface area contributed by atoms with Crippen LogP contribution in [0, 0.1) is 16.6 Å². The Balaban J connectivity index is 2.85. The van der Waals surface area contributed by atoms with Gasteiger partial charge in [-0.2, -0.15) is 0 Å². The second-order valence-corrected chi connectivity index (χ2v) is 9.65. The lowest BCUT2D eigenvalue weighted by Crippen LogP contribution is -2.23. The Morgan fingerprint density at radius 3 is 2.48 bits per heavy atom. The first-order chi connectivity index (χ1) is 10.6. The van der Waals surface area contributed by atoms with E-state index in [1.165, 1.54) is 0 Å². The number of phenols is 1. The van der Waals surface area contributed by atoms with E-state index in [0.29, 0.717) is 16.4 Å². The highest BCUT2D eigenvalue weighted by Gasteiger charge is 2.23. The molecule has 0 aliphatic carbocycles. The van der Waals surface area contributed by atoms with Crippen LogP contribution in [0.1, 0.15) is 18.9 Å². The highest BCUT2D eigenvalue weighted by atomic mass is 127. The van der Waals surface area contributed by atoms with Gasteiger partial charge in [0, 0.05) is 3.57 Å². The first kappa shape index (κ1) is 21.6. The van der Waals surface area contributed by atoms with Crippen LogP contribution in [0.4, 0.5) is 0 Å². The highest BCUT2D eigenvalue weighted by Crippen LogP contribution is 2.34. The zero-order valence-electron chi connectivity index (χ0n) is 12.0. The zero-order chi connectivity index (χ0) is 17.8. The molecule has 1 unspecified atom stereocenters. The van der Waals surface area contributed by atoms with Crippen LogP contribution in [0.3, 0.4) is 0 Å². The molecule has 1 aromatic carbocycles. The largest absolute Gasteiger partial charge is 0.748 e. The third-order valence-electron chi connectivity index (χ3n) is 3.10. The van der Waals surface area contributed by atoms with E-state index in [4.69, 9.17) is 4.74 Å². The van der Waals surface area contributed by atoms with Crippen molar-refractivity contribution in [3.63, 3.8) is 0 Å². The van der Waals surface area contributed by atoms with Crippen LogP contribution in [0.15, 0.2) is 6.07 Å². The van der Waals surface area contributed by atoms with Crippen LogP contribution in [0.25, 0.3) is 0 Å². The van der Waals surface area contributed by atoms with E-state index < -0.39 is 34.4 Å². The minimum atomic E-state index is -4.40. The summed E-state index contributed by atoms with van der Waals surface area (Å²) in [5.41, 5.74) is 0.851. The SMILES string of the molecule is CCC(Cc1c(I)cc(I)c(O)c1I)C(=O)OCCS(=O)(=O)[O-]. The monoisotopic (exact) mass is 679 g/mol. The van der Waals surface area contributed by atoms with Gasteiger partial charge < -0.3 is 14.4 Å². The van der Waals surface area contributed by atoms with Crippen molar-refractivity contribution in [2.24, 2.45) is 5.92 Å². The molecule has 0 fully saturated rings. The lowest BCUT2D eigenvalue weighted by Gasteiger charge is -2.17. The van der Waals surface area contributed by atoms with E-state index >= 15 is 0 Å². The molecule has 0 aliphatic rings. The standard InChI is InChI=1S/C13H15I3O6S/c1-2-7(13(18)22-3-4-23(19,20)21)5-8-9(14)6-10(15)12(17)11(8)16/h6-7,17H,2-5H2,1H3,(H,19,20,21)/p-1. The predicted octanol–water partition coefficient (Wildman–Crippen LogP) is 2.86. The minimum absolute atomic E-state index is 0.183. The van der Waals surface area contributed by atoms with Gasteiger partial charge in [0.2, 0.25) is 0 Å². The highest BCUT2D eigenvalue weighted by molar-refractivity contribution is 14.1. The topological polar surface area (TPSA) is 104 Å². The van der Waals surface area contributed by atoms with Crippen molar-refractivity contribution in [1.82, 2.24) is 0 Å². The summed E-state index contributed by atoms with van der Waals surface area (Å²) in [7, 11) is -4.40. The molecule has 0 aromatic heterocycles. The molecule has 6 nitrogen and oxygen atoms in total. The van der Waals surface area contributed by atoms with Crippen molar-refractivity contribution in [1.29, 1.82) is 0 Å². The lowest BCUT2D eigenvalue weighted by atomic mass is 9.97. The first-order valence-electron chi connectivity index (χ1n) is 6.52. The second kappa shape index (κ2) is 9.33. The molecular weight excluding hydrogens is 665 g/mol. The normalized spacial score (nSPS) is 12.9. The van der Waals surface area contributed by atoms with Gasteiger partial charge in [-0.3, -0.25) is 4.79 Å². The zero-order valence-corrected chi connectivity index (χ0v) is 19.3. The van der Waals surface area contributed by atoms with Crippen molar-refractivity contribution in [2.75, 3.05) is 12.4 Å². The van der Waals surface area contributed by atoms with Crippen LogP contribution < -0.4 is 0 Å². The van der Waals surface area contributed by atoms with E-state index in [2.05, 4.69) is 22.6 Å². The third-order valence-corrected chi connectivity index (χ3v) is 6.71. The van der Waals surface area contributed by atoms with Gasteiger partial charge in [0.05, 0.1) is 28.9 Å². The van der Waals surface area contributed by atoms with Crippen molar-refractivity contribution in [3.8, 4) is 5.75 Å². The molecule has 0 saturated heterocycles. The molecule has 0 bridgehead atoms. The molecule has 0 amide bonds. The molecule has 23 heavy (non-hydrogen) atoms. The maximum Gasteiger partial charge on any atom is 0.309 e. The number of rotatable bonds is 7. The summed E-state index contributed by atoms with van der Waals surface area (Å²) in [6.45, 7) is 1.38. The third kappa shape index (κ3) is 6.78. The summed E-state index contributed by atoms with van der Waals surface area (Å²) in [6.07, 6.45) is 0.877. The summed E-state index contributed by atoms with van der Waals surface area (Å²) in [5, 5.41) is 10.0. The van der Waals surface area contributed by atoms with Gasteiger partial charge in [0.15, 0.2) is 0 Å². The van der Waals surface area contributed by atoms with E-state index in [0.717, 1.165) is 12.7 Å². The number of carbonyl (C=O) groups is 1. The van der Waals surface area contributed by atoms with Gasteiger partial charge in [-0.05, 0) is 92.2 Å². The fourth-order valence-corrected chi connectivity index (χ4v) is 5.91. The number of phenolic OH excluding ortho intramolecular Hbond substituents is 1. The molecule has 0 heterocycles. The molecule has 0 saturated carbocycles. The van der Waals surface area contributed by atoms with Crippen molar-refractivity contribution < 1.29 is 27.6 Å². The lowest BCUT2D eigenvalue weighted by molar-refractivity contribution is -0.148. The maximum atomic E-state index is 12.1. The Labute approximate surface area is 175 Å². The fraction of sp³-hybridized carbons (Fsp3) is 0.462. The van der Waals surface area contributed by atoms with Crippen LogP contribution in [-0.4, -0.2) is 36.4 Å². The van der Waals surface area contributed by atoms with Crippen molar-refractivity contribution in [2.45, 2.75) is 19.8 Å². The van der Waals surface area contributed by atoms with Gasteiger partial charge in [0.25, 0.3) is 0 Å². The number of hydrogen-bond donors (Lipinski definition) is 1. The number of ether oxygens (including phenoxy) is 1. The van der Waals surface area contributed by atoms with E-state index in [9.17, 15) is 22.9 Å². The number of carbonyl (C=O) groups excluding carboxylic acids is 1. The van der Waals surface area contributed by atoms with Crippen LogP contribution >= 0.6 is 67.8 Å². The molecule has 0 spiro atoms. The predicted molar refractivity (Wildman–Crippen MR) is 109 cm³/mol. The number of esters is 1. The summed E-state index contributed by atoms with van der Waals surface area (Å²) in [6, 6.07) is 1.83. The average Bonchev–Trinajstić information content (AvgIpc) is 2.43. The molecule has 1 N–H and O–H groups in total. The van der Waals surface area contributed by atoms with E-state index in [-0.39, 0.29) is 5.75 Å². The Morgan fingerprint density at radius 1 is 1.35 bits per heavy atom. The van der Waals surface area contributed by atoms with Crippen LogP contribution in [0.5, 0.6) is 5.75 Å². The molecule has 1 atom stereocenters. The summed E-state index contributed by atoms with van der Waals surface area (Å²) in [5.74, 6) is -1.55. The molecule has 1 aromatic rings. The molecule has 0 aliphatic heterocycles. The summed E-state index contributed by atoms with van der Waals surface area (Å²) < 4.78 is 38.8. The molecule has 130 valence electrons. The Hall–Kier alpha value is 0.590. The van der Waals surface area contributed by atoms with Gasteiger partial charge in [-0.15, -0.1) is 0 Å². The molecule has 0 radical (unpaired) electrons. The Kier molecular flexibility index (Phi) is 8.78. The second-order valence-electron chi connectivity index (χ2n) is 4.72. The molecular formula is C13H14I3O6S-. The van der Waals surface area contributed by atoms with Crippen molar-refractivity contribution in [3.05, 3.63) is 22.3 Å². The number of halogens is 3. The summed E-state index contributed by atoms with van der Waals surface area (Å²) in [4.78, 5) is 12.1. The van der Waals surface area contributed by atoms with Crippen LogP contribution in [-0.2, 0) is 26.1 Å². The summed E-state index contributed by atoms with van der Waals surface area (Å²) >= 11 is 6.22. The molecule has 10 heteroatoms. The number of benzene rings is 1. The Morgan fingerprint density at radius 2 is 1.96 bits per heavy atom. The average molecular weight is 679 g/mol. The number of aromatic hydroxyl groups is 1. The fourth-order valence-electron chi connectivity index (χ4n) is 1.81. The maximum absolute atomic E-state index is 12.1. The van der Waals surface area contributed by atoms with Crippen LogP contribution in [0.2, 0.25) is 0 Å². The number of hydrogen-bond acceptors (Lipinski definition) is 6. The Bertz CT molecular complexity index is 689. The van der Waals surface area contributed by atoms with Gasteiger partial charge >= 0.3 is 5.97 Å². The van der Waals surface area contributed by atoms with E-state index in [1.54, 1.807) is 0 Å². The smallest absolute Gasteiger partial charge is 0.309 e. The first-order valence-corrected chi connectivity index (χ1v) is 11.3. The minimum Gasteiger partial charge on any atom is -0.748 e. The molecule has 1 rings (SSSR count). The van der Waals surface area contributed by atoms with Gasteiger partial charge in [-0.1, -0.05) is 6.92 Å². The quantitative estimate of drug-likeness (QED) is 0.271.